The molecule has 0 spiro atoms. The van der Waals surface area contributed by atoms with Gasteiger partial charge >= 0.3 is 0 Å². The molecule has 2 aromatic rings. The fourth-order valence-electron chi connectivity index (χ4n) is 1.51. The maximum absolute atomic E-state index is 11.9. The van der Waals surface area contributed by atoms with Gasteiger partial charge in [-0.2, -0.15) is 0 Å². The van der Waals surface area contributed by atoms with Gasteiger partial charge in [0.05, 0.1) is 18.4 Å². The van der Waals surface area contributed by atoms with Crippen molar-refractivity contribution < 1.29 is 4.79 Å². The lowest BCUT2D eigenvalue weighted by Gasteiger charge is -2.04. The number of anilines is 1. The van der Waals surface area contributed by atoms with Crippen molar-refractivity contribution in [2.75, 3.05) is 11.9 Å². The van der Waals surface area contributed by atoms with Crippen LogP contribution in [0.2, 0.25) is 0 Å². The molecule has 3 N–H and O–H groups in total. The molecule has 0 aliphatic heterocycles. The van der Waals surface area contributed by atoms with Crippen molar-refractivity contribution in [3.8, 4) is 0 Å². The van der Waals surface area contributed by atoms with E-state index in [0.29, 0.717) is 18.8 Å². The second kappa shape index (κ2) is 5.44. The van der Waals surface area contributed by atoms with Crippen LogP contribution in [-0.4, -0.2) is 32.0 Å². The van der Waals surface area contributed by atoms with Gasteiger partial charge in [-0.3, -0.25) is 14.3 Å². The molecule has 19 heavy (non-hydrogen) atoms. The minimum atomic E-state index is -0.387. The first kappa shape index (κ1) is 13.0. The third-order valence-corrected chi connectivity index (χ3v) is 2.47. The van der Waals surface area contributed by atoms with Crippen molar-refractivity contribution in [3.05, 3.63) is 40.6 Å². The molecule has 0 aliphatic rings. The molecule has 0 aliphatic carbocycles. The van der Waals surface area contributed by atoms with Crippen molar-refractivity contribution in [1.82, 2.24) is 19.6 Å². The molecule has 2 aromatic heterocycles. The van der Waals surface area contributed by atoms with E-state index in [1.165, 1.54) is 33.8 Å². The molecule has 0 aromatic carbocycles. The Morgan fingerprint density at radius 1 is 1.42 bits per heavy atom. The summed E-state index contributed by atoms with van der Waals surface area (Å²) in [5.41, 5.74) is 5.94. The number of hydrogen-bond donors (Lipinski definition) is 2. The van der Waals surface area contributed by atoms with Crippen molar-refractivity contribution in [3.63, 3.8) is 0 Å². The number of aromatic nitrogens is 4. The monoisotopic (exact) mass is 262 g/mol. The SMILES string of the molecule is Cn1cc(NC(=O)c2cn(CCN)nn2)ccc1=O. The van der Waals surface area contributed by atoms with E-state index >= 15 is 0 Å². The molecule has 0 bridgehead atoms. The lowest BCUT2D eigenvalue weighted by atomic mass is 10.3. The number of carbonyl (C=O) groups is 1. The first-order chi connectivity index (χ1) is 9.10. The Bertz CT molecular complexity index is 645. The van der Waals surface area contributed by atoms with E-state index < -0.39 is 0 Å². The smallest absolute Gasteiger partial charge is 0.277 e. The largest absolute Gasteiger partial charge is 0.329 e. The summed E-state index contributed by atoms with van der Waals surface area (Å²) in [5.74, 6) is -0.387. The Morgan fingerprint density at radius 3 is 2.89 bits per heavy atom. The van der Waals surface area contributed by atoms with Gasteiger partial charge in [0.25, 0.3) is 5.91 Å². The van der Waals surface area contributed by atoms with Crippen LogP contribution in [0.3, 0.4) is 0 Å². The van der Waals surface area contributed by atoms with Gasteiger partial charge in [-0.1, -0.05) is 5.21 Å². The van der Waals surface area contributed by atoms with E-state index in [9.17, 15) is 9.59 Å². The number of amides is 1. The minimum absolute atomic E-state index is 0.146. The van der Waals surface area contributed by atoms with Gasteiger partial charge in [0.2, 0.25) is 5.56 Å². The summed E-state index contributed by atoms with van der Waals surface area (Å²) in [6, 6.07) is 2.91. The molecule has 0 radical (unpaired) electrons. The van der Waals surface area contributed by atoms with E-state index in [4.69, 9.17) is 5.73 Å². The zero-order chi connectivity index (χ0) is 13.8. The maximum Gasteiger partial charge on any atom is 0.277 e. The normalized spacial score (nSPS) is 10.4. The quantitative estimate of drug-likeness (QED) is 0.749. The highest BCUT2D eigenvalue weighted by Gasteiger charge is 2.11. The maximum atomic E-state index is 11.9. The number of nitrogens with one attached hydrogen (secondary N) is 1. The van der Waals surface area contributed by atoms with Gasteiger partial charge in [0.15, 0.2) is 5.69 Å². The molecule has 0 saturated heterocycles. The Labute approximate surface area is 108 Å². The van der Waals surface area contributed by atoms with Gasteiger partial charge in [0, 0.05) is 25.9 Å². The van der Waals surface area contributed by atoms with E-state index in [2.05, 4.69) is 15.6 Å². The fourth-order valence-corrected chi connectivity index (χ4v) is 1.51. The zero-order valence-electron chi connectivity index (χ0n) is 10.4. The third kappa shape index (κ3) is 3.05. The molecule has 0 unspecified atom stereocenters. The van der Waals surface area contributed by atoms with Crippen LogP contribution in [0.4, 0.5) is 5.69 Å². The summed E-state index contributed by atoms with van der Waals surface area (Å²) in [6.07, 6.45) is 3.05. The summed E-state index contributed by atoms with van der Waals surface area (Å²) in [7, 11) is 1.61. The van der Waals surface area contributed by atoms with Crippen molar-refractivity contribution in [2.45, 2.75) is 6.54 Å². The van der Waals surface area contributed by atoms with Gasteiger partial charge < -0.3 is 15.6 Å². The number of aryl methyl sites for hydroxylation is 1. The standard InChI is InChI=1S/C11H14N6O2/c1-16-6-8(2-3-10(16)18)13-11(19)9-7-17(5-4-12)15-14-9/h2-3,6-7H,4-5,12H2,1H3,(H,13,19). The van der Waals surface area contributed by atoms with E-state index in [1.54, 1.807) is 7.05 Å². The van der Waals surface area contributed by atoms with Crippen LogP contribution >= 0.6 is 0 Å². The van der Waals surface area contributed by atoms with Crippen molar-refractivity contribution in [1.29, 1.82) is 0 Å². The number of rotatable bonds is 4. The summed E-state index contributed by atoms with van der Waals surface area (Å²) in [4.78, 5) is 23.1. The Kier molecular flexibility index (Phi) is 3.71. The second-order valence-corrected chi connectivity index (χ2v) is 3.98. The zero-order valence-corrected chi connectivity index (χ0v) is 10.4. The number of hydrogen-bond acceptors (Lipinski definition) is 5. The van der Waals surface area contributed by atoms with Crippen molar-refractivity contribution in [2.24, 2.45) is 12.8 Å². The topological polar surface area (TPSA) is 108 Å². The van der Waals surface area contributed by atoms with E-state index in [1.807, 2.05) is 0 Å². The molecule has 2 rings (SSSR count). The van der Waals surface area contributed by atoms with Crippen LogP contribution in [0.5, 0.6) is 0 Å². The van der Waals surface area contributed by atoms with Crippen LogP contribution < -0.4 is 16.6 Å². The average Bonchev–Trinajstić information content (AvgIpc) is 2.83. The molecular formula is C11H14N6O2. The molecule has 1 amide bonds. The highest BCUT2D eigenvalue weighted by atomic mass is 16.2. The van der Waals surface area contributed by atoms with Gasteiger partial charge in [-0.15, -0.1) is 5.10 Å². The predicted molar refractivity (Wildman–Crippen MR) is 68.7 cm³/mol. The summed E-state index contributed by atoms with van der Waals surface area (Å²) < 4.78 is 2.87. The Hall–Kier alpha value is -2.48. The molecule has 8 nitrogen and oxygen atoms in total. The van der Waals surface area contributed by atoms with Gasteiger partial charge in [0.1, 0.15) is 0 Å². The first-order valence-electron chi connectivity index (χ1n) is 5.68. The predicted octanol–water partition coefficient (Wildman–Crippen LogP) is -0.812. The lowest BCUT2D eigenvalue weighted by Crippen LogP contribution is -2.18. The second-order valence-electron chi connectivity index (χ2n) is 3.98. The van der Waals surface area contributed by atoms with Crippen molar-refractivity contribution >= 4 is 11.6 Å². The summed E-state index contributed by atoms with van der Waals surface area (Å²) >= 11 is 0. The Morgan fingerprint density at radius 2 is 2.21 bits per heavy atom. The van der Waals surface area contributed by atoms with Crippen LogP contribution in [0.15, 0.2) is 29.3 Å². The molecule has 0 fully saturated rings. The van der Waals surface area contributed by atoms with E-state index in [-0.39, 0.29) is 17.2 Å². The Balaban J connectivity index is 2.11. The minimum Gasteiger partial charge on any atom is -0.329 e. The van der Waals surface area contributed by atoms with Gasteiger partial charge in [-0.05, 0) is 6.07 Å². The average molecular weight is 262 g/mol. The first-order valence-corrected chi connectivity index (χ1v) is 5.68. The van der Waals surface area contributed by atoms with E-state index in [0.717, 1.165) is 0 Å². The number of nitrogens with two attached hydrogens (primary N) is 1. The molecular weight excluding hydrogens is 248 g/mol. The number of pyridine rings is 1. The van der Waals surface area contributed by atoms with Crippen LogP contribution in [0.25, 0.3) is 0 Å². The third-order valence-electron chi connectivity index (χ3n) is 2.47. The lowest BCUT2D eigenvalue weighted by molar-refractivity contribution is 0.102. The number of nitrogens with zero attached hydrogens (tertiary/aromatic N) is 4. The van der Waals surface area contributed by atoms with Crippen LogP contribution in [0.1, 0.15) is 10.5 Å². The van der Waals surface area contributed by atoms with Crippen LogP contribution in [-0.2, 0) is 13.6 Å². The highest BCUT2D eigenvalue weighted by molar-refractivity contribution is 6.02. The fraction of sp³-hybridized carbons (Fsp3) is 0.273. The summed E-state index contributed by atoms with van der Waals surface area (Å²) in [5, 5.41) is 10.2. The molecule has 8 heteroatoms. The number of carbonyl (C=O) groups excluding carboxylic acids is 1. The molecule has 0 atom stereocenters. The van der Waals surface area contributed by atoms with Crippen LogP contribution in [0, 0.1) is 0 Å². The van der Waals surface area contributed by atoms with Gasteiger partial charge in [-0.25, -0.2) is 0 Å². The molecule has 2 heterocycles. The highest BCUT2D eigenvalue weighted by Crippen LogP contribution is 2.05. The summed E-state index contributed by atoms with van der Waals surface area (Å²) in [6.45, 7) is 0.922. The molecule has 0 saturated carbocycles. The molecule has 100 valence electrons.